The highest BCUT2D eigenvalue weighted by atomic mass is 79.9. The van der Waals surface area contributed by atoms with Gasteiger partial charge in [0, 0.05) is 10.0 Å². The summed E-state index contributed by atoms with van der Waals surface area (Å²) in [6.07, 6.45) is 0. The van der Waals surface area contributed by atoms with Gasteiger partial charge in [-0.15, -0.1) is 0 Å². The molecule has 0 saturated carbocycles. The van der Waals surface area contributed by atoms with Gasteiger partial charge >= 0.3 is 0 Å². The lowest BCUT2D eigenvalue weighted by molar-refractivity contribution is 0.382. The molecule has 0 amide bonds. The van der Waals surface area contributed by atoms with Crippen molar-refractivity contribution in [3.05, 3.63) is 63.6 Å². The Balaban J connectivity index is 2.52. The van der Waals surface area contributed by atoms with E-state index < -0.39 is 11.9 Å². The SMILES string of the molecule is CNC(c1cc(F)cc(Br)c1)c1cccc(OC)c1F. The molecule has 0 aliphatic carbocycles. The molecule has 0 bridgehead atoms. The minimum absolute atomic E-state index is 0.165. The van der Waals surface area contributed by atoms with Crippen LogP contribution >= 0.6 is 15.9 Å². The quantitative estimate of drug-likeness (QED) is 0.905. The average Bonchev–Trinajstić information content (AvgIpc) is 2.40. The lowest BCUT2D eigenvalue weighted by Crippen LogP contribution is -2.19. The largest absolute Gasteiger partial charge is 0.494 e. The molecule has 0 aliphatic heterocycles. The van der Waals surface area contributed by atoms with Crippen molar-refractivity contribution in [3.8, 4) is 5.75 Å². The van der Waals surface area contributed by atoms with E-state index >= 15 is 0 Å². The van der Waals surface area contributed by atoms with E-state index in [-0.39, 0.29) is 11.6 Å². The lowest BCUT2D eigenvalue weighted by atomic mass is 9.98. The van der Waals surface area contributed by atoms with Gasteiger partial charge in [-0.25, -0.2) is 8.78 Å². The fourth-order valence-corrected chi connectivity index (χ4v) is 2.63. The smallest absolute Gasteiger partial charge is 0.170 e. The first kappa shape index (κ1) is 14.9. The van der Waals surface area contributed by atoms with Crippen LogP contribution in [0.15, 0.2) is 40.9 Å². The summed E-state index contributed by atoms with van der Waals surface area (Å²) in [6.45, 7) is 0. The molecule has 2 nitrogen and oxygen atoms in total. The van der Waals surface area contributed by atoms with Crippen molar-refractivity contribution in [2.24, 2.45) is 0 Å². The van der Waals surface area contributed by atoms with Crippen LogP contribution in [0.1, 0.15) is 17.2 Å². The van der Waals surface area contributed by atoms with E-state index in [2.05, 4.69) is 21.2 Å². The molecule has 0 heterocycles. The van der Waals surface area contributed by atoms with Crippen LogP contribution in [-0.2, 0) is 0 Å². The highest BCUT2D eigenvalue weighted by Gasteiger charge is 2.19. The van der Waals surface area contributed by atoms with Crippen LogP contribution < -0.4 is 10.1 Å². The first-order valence-electron chi connectivity index (χ1n) is 6.02. The molecule has 1 N–H and O–H groups in total. The third kappa shape index (κ3) is 2.99. The van der Waals surface area contributed by atoms with Crippen LogP contribution in [0.25, 0.3) is 0 Å². The van der Waals surface area contributed by atoms with Crippen molar-refractivity contribution in [1.82, 2.24) is 5.32 Å². The third-order valence-corrected chi connectivity index (χ3v) is 3.49. The first-order chi connectivity index (χ1) is 9.56. The number of ether oxygens (including phenoxy) is 1. The van der Waals surface area contributed by atoms with Gasteiger partial charge in [-0.05, 0) is 36.9 Å². The second kappa shape index (κ2) is 6.33. The molecule has 0 aromatic heterocycles. The van der Waals surface area contributed by atoms with Crippen molar-refractivity contribution in [1.29, 1.82) is 0 Å². The van der Waals surface area contributed by atoms with E-state index in [0.717, 1.165) is 0 Å². The van der Waals surface area contributed by atoms with Crippen molar-refractivity contribution < 1.29 is 13.5 Å². The molecule has 106 valence electrons. The second-order valence-electron chi connectivity index (χ2n) is 4.29. The van der Waals surface area contributed by atoms with Gasteiger partial charge in [0.1, 0.15) is 5.82 Å². The molecule has 0 spiro atoms. The number of rotatable bonds is 4. The standard InChI is InChI=1S/C15H14BrF2NO/c1-19-15(9-6-10(16)8-11(17)7-9)12-4-3-5-13(20-2)14(12)18/h3-8,15,19H,1-2H3. The first-order valence-corrected chi connectivity index (χ1v) is 6.81. The predicted molar refractivity (Wildman–Crippen MR) is 78.0 cm³/mol. The minimum atomic E-state index is -0.461. The Labute approximate surface area is 124 Å². The topological polar surface area (TPSA) is 21.3 Å². The summed E-state index contributed by atoms with van der Waals surface area (Å²) in [6, 6.07) is 8.93. The number of benzene rings is 2. The van der Waals surface area contributed by atoms with Gasteiger partial charge in [-0.1, -0.05) is 28.1 Å². The van der Waals surface area contributed by atoms with Gasteiger partial charge in [-0.3, -0.25) is 0 Å². The molecule has 0 saturated heterocycles. The predicted octanol–water partition coefficient (Wildman–Crippen LogP) is 4.04. The van der Waals surface area contributed by atoms with Crippen LogP contribution in [-0.4, -0.2) is 14.2 Å². The van der Waals surface area contributed by atoms with E-state index in [0.29, 0.717) is 15.6 Å². The highest BCUT2D eigenvalue weighted by Crippen LogP contribution is 2.30. The molecule has 5 heteroatoms. The number of nitrogens with one attached hydrogen (secondary N) is 1. The Hall–Kier alpha value is -1.46. The Morgan fingerprint density at radius 1 is 1.20 bits per heavy atom. The molecule has 2 aromatic rings. The molecule has 0 aliphatic rings. The molecule has 2 rings (SSSR count). The normalized spacial score (nSPS) is 12.2. The molecule has 2 aromatic carbocycles. The van der Waals surface area contributed by atoms with Crippen molar-refractivity contribution in [2.75, 3.05) is 14.2 Å². The summed E-state index contributed by atoms with van der Waals surface area (Å²) in [5, 5.41) is 3.00. The fraction of sp³-hybridized carbons (Fsp3) is 0.200. The van der Waals surface area contributed by atoms with Crippen LogP contribution in [0.2, 0.25) is 0 Å². The number of methoxy groups -OCH3 is 1. The zero-order valence-electron chi connectivity index (χ0n) is 11.1. The molecule has 1 unspecified atom stereocenters. The minimum Gasteiger partial charge on any atom is -0.494 e. The van der Waals surface area contributed by atoms with Crippen LogP contribution in [0.5, 0.6) is 5.75 Å². The van der Waals surface area contributed by atoms with Crippen LogP contribution in [0.4, 0.5) is 8.78 Å². The molecule has 0 fully saturated rings. The van der Waals surface area contributed by atoms with Crippen LogP contribution in [0.3, 0.4) is 0 Å². The maximum atomic E-state index is 14.3. The highest BCUT2D eigenvalue weighted by molar-refractivity contribution is 9.10. The van der Waals surface area contributed by atoms with Gasteiger partial charge in [0.2, 0.25) is 0 Å². The van der Waals surface area contributed by atoms with E-state index in [1.165, 1.54) is 19.2 Å². The van der Waals surface area contributed by atoms with Crippen molar-refractivity contribution >= 4 is 15.9 Å². The fourth-order valence-electron chi connectivity index (χ4n) is 2.15. The summed E-state index contributed by atoms with van der Waals surface area (Å²) in [4.78, 5) is 0. The van der Waals surface area contributed by atoms with E-state index in [4.69, 9.17) is 4.74 Å². The average molecular weight is 342 g/mol. The Morgan fingerprint density at radius 2 is 1.95 bits per heavy atom. The Morgan fingerprint density at radius 3 is 2.55 bits per heavy atom. The summed E-state index contributed by atoms with van der Waals surface area (Å²) >= 11 is 3.24. The summed E-state index contributed by atoms with van der Waals surface area (Å²) in [5.41, 5.74) is 1.04. The second-order valence-corrected chi connectivity index (χ2v) is 5.20. The van der Waals surface area contributed by atoms with Gasteiger partial charge in [-0.2, -0.15) is 0 Å². The Kier molecular flexibility index (Phi) is 4.73. The maximum absolute atomic E-state index is 14.3. The summed E-state index contributed by atoms with van der Waals surface area (Å²) < 4.78 is 33.4. The number of halogens is 3. The zero-order chi connectivity index (χ0) is 14.7. The zero-order valence-corrected chi connectivity index (χ0v) is 12.7. The summed E-state index contributed by atoms with van der Waals surface area (Å²) in [7, 11) is 3.11. The number of hydrogen-bond acceptors (Lipinski definition) is 2. The number of hydrogen-bond donors (Lipinski definition) is 1. The lowest BCUT2D eigenvalue weighted by Gasteiger charge is -2.19. The van der Waals surface area contributed by atoms with Gasteiger partial charge in [0.25, 0.3) is 0 Å². The molecular formula is C15H14BrF2NO. The van der Waals surface area contributed by atoms with E-state index in [1.54, 1.807) is 31.3 Å². The maximum Gasteiger partial charge on any atom is 0.170 e. The van der Waals surface area contributed by atoms with Crippen molar-refractivity contribution in [2.45, 2.75) is 6.04 Å². The van der Waals surface area contributed by atoms with Gasteiger partial charge in [0.15, 0.2) is 11.6 Å². The van der Waals surface area contributed by atoms with E-state index in [9.17, 15) is 8.78 Å². The molecule has 0 radical (unpaired) electrons. The van der Waals surface area contributed by atoms with Gasteiger partial charge in [0.05, 0.1) is 13.2 Å². The molecule has 20 heavy (non-hydrogen) atoms. The third-order valence-electron chi connectivity index (χ3n) is 3.03. The monoisotopic (exact) mass is 341 g/mol. The van der Waals surface area contributed by atoms with Crippen molar-refractivity contribution in [3.63, 3.8) is 0 Å². The Bertz CT molecular complexity index is 599. The molecular weight excluding hydrogens is 328 g/mol. The van der Waals surface area contributed by atoms with E-state index in [1.807, 2.05) is 0 Å². The van der Waals surface area contributed by atoms with Gasteiger partial charge < -0.3 is 10.1 Å². The van der Waals surface area contributed by atoms with Crippen LogP contribution in [0, 0.1) is 11.6 Å². The molecule has 1 atom stereocenters. The summed E-state index contributed by atoms with van der Waals surface area (Å²) in [5.74, 6) is -0.661.